The molecule has 2 heterocycles. The molecule has 1 aromatic carbocycles. The summed E-state index contributed by atoms with van der Waals surface area (Å²) in [7, 11) is 0. The number of hydrogen-bond acceptors (Lipinski definition) is 4. The topological polar surface area (TPSA) is 39.7 Å². The van der Waals surface area contributed by atoms with Gasteiger partial charge in [0.2, 0.25) is 0 Å². The Kier molecular flexibility index (Phi) is 4.13. The summed E-state index contributed by atoms with van der Waals surface area (Å²) >= 11 is 0. The van der Waals surface area contributed by atoms with Gasteiger partial charge in [0.25, 0.3) is 0 Å². The molecule has 2 aliphatic heterocycles. The molecule has 4 heteroatoms. The molecule has 0 aliphatic carbocycles. The van der Waals surface area contributed by atoms with Crippen molar-refractivity contribution in [2.45, 2.75) is 37.8 Å². The van der Waals surface area contributed by atoms with Crippen LogP contribution in [-0.2, 0) is 9.47 Å². The lowest BCUT2D eigenvalue weighted by Gasteiger charge is -2.37. The fraction of sp³-hybridized carbons (Fsp3) is 0.625. The molecule has 0 saturated carbocycles. The van der Waals surface area contributed by atoms with Crippen LogP contribution in [0.4, 0.5) is 5.69 Å². The van der Waals surface area contributed by atoms with Crippen LogP contribution in [0.3, 0.4) is 0 Å². The Morgan fingerprint density at radius 1 is 1.35 bits per heavy atom. The van der Waals surface area contributed by atoms with E-state index in [1.54, 1.807) is 0 Å². The Balaban J connectivity index is 1.68. The van der Waals surface area contributed by atoms with E-state index in [-0.39, 0.29) is 5.60 Å². The number of nitrogens with one attached hydrogen (secondary N) is 1. The molecule has 20 heavy (non-hydrogen) atoms. The zero-order chi connectivity index (χ0) is 13.8. The third-order valence-electron chi connectivity index (χ3n) is 4.11. The summed E-state index contributed by atoms with van der Waals surface area (Å²) in [4.78, 5) is 0. The molecule has 3 rings (SSSR count). The van der Waals surface area contributed by atoms with E-state index in [0.29, 0.717) is 12.6 Å². The molecule has 1 N–H and O–H groups in total. The molecule has 1 aromatic rings. The summed E-state index contributed by atoms with van der Waals surface area (Å²) in [6, 6.07) is 8.57. The molecule has 2 atom stereocenters. The molecule has 0 amide bonds. The number of para-hydroxylation sites is 2. The molecular weight excluding hydrogens is 254 g/mol. The zero-order valence-electron chi connectivity index (χ0n) is 12.1. The van der Waals surface area contributed by atoms with Gasteiger partial charge < -0.3 is 19.5 Å². The maximum absolute atomic E-state index is 5.98. The van der Waals surface area contributed by atoms with Gasteiger partial charge >= 0.3 is 0 Å². The fourth-order valence-corrected chi connectivity index (χ4v) is 3.10. The highest BCUT2D eigenvalue weighted by Gasteiger charge is 2.41. The maximum Gasteiger partial charge on any atom is 0.142 e. The molecule has 0 aromatic heterocycles. The van der Waals surface area contributed by atoms with Gasteiger partial charge in [-0.1, -0.05) is 12.1 Å². The van der Waals surface area contributed by atoms with Crippen LogP contribution in [0.1, 0.15) is 26.2 Å². The van der Waals surface area contributed by atoms with Crippen LogP contribution < -0.4 is 10.1 Å². The Hall–Kier alpha value is -1.26. The largest absolute Gasteiger partial charge is 0.492 e. The average molecular weight is 277 g/mol. The van der Waals surface area contributed by atoms with Crippen LogP contribution >= 0.6 is 0 Å². The molecular formula is C16H23NO3. The molecule has 2 unspecified atom stereocenters. The van der Waals surface area contributed by atoms with E-state index in [1.165, 1.54) is 0 Å². The lowest BCUT2D eigenvalue weighted by Crippen LogP contribution is -2.44. The monoisotopic (exact) mass is 277 g/mol. The van der Waals surface area contributed by atoms with Crippen molar-refractivity contribution < 1.29 is 14.2 Å². The smallest absolute Gasteiger partial charge is 0.142 e. The number of ether oxygens (including phenoxy) is 3. The third-order valence-corrected chi connectivity index (χ3v) is 4.11. The van der Waals surface area contributed by atoms with Crippen LogP contribution in [0.5, 0.6) is 5.75 Å². The summed E-state index contributed by atoms with van der Waals surface area (Å²) in [5.74, 6) is 0.929. The van der Waals surface area contributed by atoms with E-state index in [2.05, 4.69) is 11.4 Å². The van der Waals surface area contributed by atoms with Gasteiger partial charge in [-0.05, 0) is 31.9 Å². The fourth-order valence-electron chi connectivity index (χ4n) is 3.10. The summed E-state index contributed by atoms with van der Waals surface area (Å²) < 4.78 is 17.2. The first-order valence-corrected chi connectivity index (χ1v) is 7.51. The van der Waals surface area contributed by atoms with Gasteiger partial charge in [-0.2, -0.15) is 0 Å². The van der Waals surface area contributed by atoms with Gasteiger partial charge in [-0.3, -0.25) is 0 Å². The minimum atomic E-state index is -0.0591. The van der Waals surface area contributed by atoms with Gasteiger partial charge in [0.1, 0.15) is 5.75 Å². The second-order valence-electron chi connectivity index (χ2n) is 5.60. The van der Waals surface area contributed by atoms with E-state index >= 15 is 0 Å². The highest BCUT2D eigenvalue weighted by molar-refractivity contribution is 5.56. The van der Waals surface area contributed by atoms with Crippen LogP contribution in [0.2, 0.25) is 0 Å². The van der Waals surface area contributed by atoms with Crippen LogP contribution in [0, 0.1) is 0 Å². The molecule has 110 valence electrons. The van der Waals surface area contributed by atoms with Gasteiger partial charge in [-0.25, -0.2) is 0 Å². The van der Waals surface area contributed by atoms with Crippen molar-refractivity contribution >= 4 is 5.69 Å². The number of anilines is 1. The molecule has 2 saturated heterocycles. The van der Waals surface area contributed by atoms with Crippen molar-refractivity contribution in [3.05, 3.63) is 24.3 Å². The molecule has 0 bridgehead atoms. The number of benzene rings is 1. The molecule has 2 aliphatic rings. The van der Waals surface area contributed by atoms with Crippen LogP contribution in [0.25, 0.3) is 0 Å². The molecule has 1 spiro atoms. The van der Waals surface area contributed by atoms with Crippen LogP contribution in [0.15, 0.2) is 24.3 Å². The Morgan fingerprint density at radius 3 is 3.05 bits per heavy atom. The van der Waals surface area contributed by atoms with Crippen molar-refractivity contribution in [3.63, 3.8) is 0 Å². The zero-order valence-corrected chi connectivity index (χ0v) is 12.1. The maximum atomic E-state index is 5.98. The van der Waals surface area contributed by atoms with Crippen molar-refractivity contribution in [1.29, 1.82) is 0 Å². The first-order valence-electron chi connectivity index (χ1n) is 7.51. The quantitative estimate of drug-likeness (QED) is 0.918. The van der Waals surface area contributed by atoms with Gasteiger partial charge in [0, 0.05) is 25.7 Å². The normalized spacial score (nSPS) is 29.6. The van der Waals surface area contributed by atoms with E-state index < -0.39 is 0 Å². The standard InChI is InChI=1S/C16H23NO3/c1-2-19-15-6-4-3-5-14(15)17-13-7-9-20-16(11-13)8-10-18-12-16/h3-6,13,17H,2,7-12H2,1H3. The Labute approximate surface area is 120 Å². The van der Waals surface area contributed by atoms with Crippen molar-refractivity contribution in [2.24, 2.45) is 0 Å². The van der Waals surface area contributed by atoms with Gasteiger partial charge in [-0.15, -0.1) is 0 Å². The molecule has 0 radical (unpaired) electrons. The highest BCUT2D eigenvalue weighted by Crippen LogP contribution is 2.35. The van der Waals surface area contributed by atoms with Crippen molar-refractivity contribution in [2.75, 3.05) is 31.7 Å². The van der Waals surface area contributed by atoms with E-state index in [1.807, 2.05) is 25.1 Å². The van der Waals surface area contributed by atoms with Crippen molar-refractivity contribution in [1.82, 2.24) is 0 Å². The second-order valence-corrected chi connectivity index (χ2v) is 5.60. The first kappa shape index (κ1) is 13.7. The summed E-state index contributed by atoms with van der Waals surface area (Å²) in [5, 5.41) is 3.62. The minimum Gasteiger partial charge on any atom is -0.492 e. The third kappa shape index (κ3) is 2.91. The van der Waals surface area contributed by atoms with E-state index in [9.17, 15) is 0 Å². The molecule has 2 fully saturated rings. The minimum absolute atomic E-state index is 0.0591. The number of rotatable bonds is 4. The van der Waals surface area contributed by atoms with E-state index in [4.69, 9.17) is 14.2 Å². The Bertz CT molecular complexity index is 443. The lowest BCUT2D eigenvalue weighted by molar-refractivity contribution is -0.0828. The predicted octanol–water partition coefficient (Wildman–Crippen LogP) is 2.84. The van der Waals surface area contributed by atoms with Crippen molar-refractivity contribution in [3.8, 4) is 5.75 Å². The van der Waals surface area contributed by atoms with Gasteiger partial charge in [0.15, 0.2) is 0 Å². The van der Waals surface area contributed by atoms with E-state index in [0.717, 1.165) is 50.5 Å². The summed E-state index contributed by atoms with van der Waals surface area (Å²) in [5.41, 5.74) is 1.02. The summed E-state index contributed by atoms with van der Waals surface area (Å²) in [6.45, 7) is 5.05. The number of hydrogen-bond donors (Lipinski definition) is 1. The van der Waals surface area contributed by atoms with Gasteiger partial charge in [0.05, 0.1) is 24.5 Å². The second kappa shape index (κ2) is 6.02. The first-order chi connectivity index (χ1) is 9.81. The lowest BCUT2D eigenvalue weighted by atomic mass is 9.89. The highest BCUT2D eigenvalue weighted by atomic mass is 16.6. The Morgan fingerprint density at radius 2 is 2.25 bits per heavy atom. The summed E-state index contributed by atoms with van der Waals surface area (Å²) in [6.07, 6.45) is 3.05. The van der Waals surface area contributed by atoms with Crippen LogP contribution in [-0.4, -0.2) is 38.1 Å². The SMILES string of the molecule is CCOc1ccccc1NC1CCOC2(CCOC2)C1. The average Bonchev–Trinajstić information content (AvgIpc) is 2.89. The predicted molar refractivity (Wildman–Crippen MR) is 78.4 cm³/mol. The molecule has 4 nitrogen and oxygen atoms in total.